The minimum Gasteiger partial charge on any atom is -0.406 e. The lowest BCUT2D eigenvalue weighted by Crippen LogP contribution is -2.18. The number of benzene rings is 1. The van der Waals surface area contributed by atoms with Crippen LogP contribution in [0.1, 0.15) is 34.8 Å². The number of alkyl halides is 3. The summed E-state index contributed by atoms with van der Waals surface area (Å²) < 4.78 is 42.7. The normalized spacial score (nSPS) is 11.3. The average molecular weight is 575 g/mol. The van der Waals surface area contributed by atoms with Crippen LogP contribution < -0.4 is 15.4 Å². The molecule has 1 aromatic carbocycles. The molecule has 0 aliphatic heterocycles. The Kier molecular flexibility index (Phi) is 9.37. The summed E-state index contributed by atoms with van der Waals surface area (Å²) in [7, 11) is 1.79. The van der Waals surface area contributed by atoms with Gasteiger partial charge in [-0.1, -0.05) is 23.5 Å². The minimum atomic E-state index is -4.81. The van der Waals surface area contributed by atoms with Gasteiger partial charge in [0, 0.05) is 19.7 Å². The van der Waals surface area contributed by atoms with Gasteiger partial charge in [0.15, 0.2) is 5.82 Å². The lowest BCUT2D eigenvalue weighted by Gasteiger charge is -2.10. The maximum atomic E-state index is 12.4. The van der Waals surface area contributed by atoms with Crippen LogP contribution in [0.25, 0.3) is 0 Å². The molecule has 4 aromatic rings. The van der Waals surface area contributed by atoms with Crippen molar-refractivity contribution in [2.24, 2.45) is 7.05 Å². The van der Waals surface area contributed by atoms with Gasteiger partial charge in [0.2, 0.25) is 16.9 Å². The number of carbonyl (C=O) groups excluding carboxylic acids is 2. The molecule has 0 saturated carbocycles. The average Bonchev–Trinajstić information content (AvgIpc) is 3.50. The first-order valence-electron chi connectivity index (χ1n) is 12.2. The molecule has 0 aliphatic rings. The molecule has 2 N–H and O–H groups in total. The number of carbonyl (C=O) groups is 2. The summed E-state index contributed by atoms with van der Waals surface area (Å²) >= 11 is 1.33. The monoisotopic (exact) mass is 574 g/mol. The van der Waals surface area contributed by atoms with Crippen molar-refractivity contribution in [3.63, 3.8) is 0 Å². The fraction of sp³-hybridized carbons (Fsp3) is 0.320. The number of aryl methyl sites for hydroxylation is 3. The van der Waals surface area contributed by atoms with Crippen LogP contribution in [0.3, 0.4) is 0 Å². The van der Waals surface area contributed by atoms with Crippen molar-refractivity contribution < 1.29 is 27.5 Å². The Morgan fingerprint density at radius 2 is 1.73 bits per heavy atom. The molecule has 0 saturated heterocycles. The predicted octanol–water partition coefficient (Wildman–Crippen LogP) is 3.89. The number of rotatable bonds is 12. The van der Waals surface area contributed by atoms with Gasteiger partial charge in [-0.25, -0.2) is 0 Å². The van der Waals surface area contributed by atoms with Crippen LogP contribution in [-0.2, 0) is 42.3 Å². The molecule has 40 heavy (non-hydrogen) atoms. The highest BCUT2D eigenvalue weighted by molar-refractivity contribution is 7.15. The number of hydrogen-bond acceptors (Lipinski definition) is 9. The molecular weight excluding hydrogens is 549 g/mol. The Bertz CT molecular complexity index is 1440. The maximum absolute atomic E-state index is 12.4. The lowest BCUT2D eigenvalue weighted by molar-refractivity contribution is -0.274. The smallest absolute Gasteiger partial charge is 0.406 e. The quantitative estimate of drug-likeness (QED) is 0.243. The lowest BCUT2D eigenvalue weighted by atomic mass is 10.1. The van der Waals surface area contributed by atoms with Gasteiger partial charge in [0.1, 0.15) is 10.8 Å². The molecule has 4 rings (SSSR count). The zero-order chi connectivity index (χ0) is 28.5. The van der Waals surface area contributed by atoms with E-state index in [0.29, 0.717) is 29.2 Å². The van der Waals surface area contributed by atoms with Crippen molar-refractivity contribution in [1.82, 2.24) is 30.2 Å². The molecule has 3 heterocycles. The van der Waals surface area contributed by atoms with Gasteiger partial charge in [0.25, 0.3) is 0 Å². The zero-order valence-corrected chi connectivity index (χ0v) is 22.1. The Morgan fingerprint density at radius 1 is 0.925 bits per heavy atom. The third-order valence-electron chi connectivity index (χ3n) is 5.38. The van der Waals surface area contributed by atoms with E-state index in [1.165, 1.54) is 23.5 Å². The van der Waals surface area contributed by atoms with E-state index in [9.17, 15) is 22.8 Å². The van der Waals surface area contributed by atoms with E-state index < -0.39 is 18.0 Å². The second kappa shape index (κ2) is 13.1. The van der Waals surface area contributed by atoms with Crippen LogP contribution in [0, 0.1) is 0 Å². The molecule has 0 aliphatic carbocycles. The number of halogens is 3. The second-order valence-corrected chi connectivity index (χ2v) is 9.81. The first-order chi connectivity index (χ1) is 19.1. The molecular formula is C25H25F3N8O3S. The van der Waals surface area contributed by atoms with Crippen molar-refractivity contribution in [2.45, 2.75) is 44.9 Å². The topological polar surface area (TPSA) is 137 Å². The number of anilines is 2. The summed E-state index contributed by atoms with van der Waals surface area (Å²) in [5.74, 6) is -0.806. The van der Waals surface area contributed by atoms with Crippen LogP contribution in [0.2, 0.25) is 0 Å². The van der Waals surface area contributed by atoms with Crippen molar-refractivity contribution in [2.75, 3.05) is 10.6 Å². The molecule has 11 nitrogen and oxygen atoms in total. The number of amides is 2. The molecule has 0 fully saturated rings. The van der Waals surface area contributed by atoms with E-state index in [1.807, 2.05) is 0 Å². The van der Waals surface area contributed by atoms with E-state index in [0.717, 1.165) is 35.7 Å². The molecule has 2 amide bonds. The van der Waals surface area contributed by atoms with Gasteiger partial charge in [0.05, 0.1) is 24.2 Å². The predicted molar refractivity (Wildman–Crippen MR) is 140 cm³/mol. The molecule has 0 spiro atoms. The van der Waals surface area contributed by atoms with Crippen LogP contribution in [0.5, 0.6) is 5.75 Å². The van der Waals surface area contributed by atoms with Crippen LogP contribution in [0.15, 0.2) is 48.7 Å². The highest BCUT2D eigenvalue weighted by atomic mass is 32.1. The number of hydrogen-bond donors (Lipinski definition) is 2. The van der Waals surface area contributed by atoms with Gasteiger partial charge >= 0.3 is 6.36 Å². The van der Waals surface area contributed by atoms with Crippen LogP contribution >= 0.6 is 11.3 Å². The zero-order valence-electron chi connectivity index (χ0n) is 21.3. The summed E-state index contributed by atoms with van der Waals surface area (Å²) in [6, 6.07) is 10.4. The number of nitrogens with zero attached hydrogens (tertiary/aromatic N) is 6. The molecule has 15 heteroatoms. The van der Waals surface area contributed by atoms with E-state index in [1.54, 1.807) is 36.1 Å². The van der Waals surface area contributed by atoms with Gasteiger partial charge in [-0.15, -0.1) is 28.5 Å². The Balaban J connectivity index is 1.15. The number of unbranched alkanes of at least 4 members (excludes halogenated alkanes) is 1. The second-order valence-electron chi connectivity index (χ2n) is 8.74. The van der Waals surface area contributed by atoms with Crippen molar-refractivity contribution in [3.8, 4) is 5.75 Å². The summed E-state index contributed by atoms with van der Waals surface area (Å²) in [5.41, 5.74) is 1.78. The maximum Gasteiger partial charge on any atom is 0.573 e. The minimum absolute atomic E-state index is 0.153. The fourth-order valence-corrected chi connectivity index (χ4v) is 4.46. The van der Waals surface area contributed by atoms with Crippen LogP contribution in [0.4, 0.5) is 24.1 Å². The molecule has 0 bridgehead atoms. The number of ether oxygens (including phenoxy) is 1. The van der Waals surface area contributed by atoms with Gasteiger partial charge in [-0.2, -0.15) is 10.2 Å². The number of aromatic nitrogens is 6. The van der Waals surface area contributed by atoms with E-state index >= 15 is 0 Å². The van der Waals surface area contributed by atoms with E-state index in [2.05, 4.69) is 40.9 Å². The Hall–Kier alpha value is -4.40. The van der Waals surface area contributed by atoms with E-state index in [4.69, 9.17) is 0 Å². The highest BCUT2D eigenvalue weighted by Crippen LogP contribution is 2.23. The van der Waals surface area contributed by atoms with Gasteiger partial charge in [-0.3, -0.25) is 14.3 Å². The third-order valence-corrected chi connectivity index (χ3v) is 6.28. The first kappa shape index (κ1) is 28.6. The standard InChI is InChI=1S/C25H25F3N8O3S/c1-36-12-11-18(35-36)15-22(38)30-24-34-33-23(40-24)8-3-2-6-17-9-10-20(32-31-17)29-21(37)14-16-5-4-7-19(13-16)39-25(26,27)28/h4-5,7,9-13H,2-3,6,8,14-15H2,1H3,(H,29,32,37)(H,30,34,38). The summed E-state index contributed by atoms with van der Waals surface area (Å²) in [6.07, 6.45) is -0.0136. The van der Waals surface area contributed by atoms with E-state index in [-0.39, 0.29) is 24.6 Å². The van der Waals surface area contributed by atoms with Gasteiger partial charge < -0.3 is 15.4 Å². The SMILES string of the molecule is Cn1ccc(CC(=O)Nc2nnc(CCCCc3ccc(NC(=O)Cc4cccc(OC(F)(F)F)c4)nn3)s2)n1. The first-order valence-corrected chi connectivity index (χ1v) is 13.0. The Morgan fingerprint density at radius 3 is 2.45 bits per heavy atom. The molecule has 3 aromatic heterocycles. The largest absolute Gasteiger partial charge is 0.573 e. The molecule has 210 valence electrons. The number of nitrogens with one attached hydrogen (secondary N) is 2. The fourth-order valence-electron chi connectivity index (χ4n) is 3.66. The van der Waals surface area contributed by atoms with Crippen molar-refractivity contribution in [3.05, 3.63) is 70.6 Å². The molecule has 0 radical (unpaired) electrons. The molecule has 0 atom stereocenters. The summed E-state index contributed by atoms with van der Waals surface area (Å²) in [5, 5.41) is 27.0. The third kappa shape index (κ3) is 9.41. The summed E-state index contributed by atoms with van der Waals surface area (Å²) in [4.78, 5) is 24.4. The summed E-state index contributed by atoms with van der Waals surface area (Å²) in [6.45, 7) is 0. The Labute approximate surface area is 230 Å². The highest BCUT2D eigenvalue weighted by Gasteiger charge is 2.31. The van der Waals surface area contributed by atoms with Gasteiger partial charge in [-0.05, 0) is 55.2 Å². The van der Waals surface area contributed by atoms with Crippen LogP contribution in [-0.4, -0.2) is 48.4 Å². The molecule has 0 unspecified atom stereocenters. The van der Waals surface area contributed by atoms with Crippen molar-refractivity contribution >= 4 is 34.1 Å². The van der Waals surface area contributed by atoms with Crippen molar-refractivity contribution in [1.29, 1.82) is 0 Å².